The van der Waals surface area contributed by atoms with Crippen LogP contribution in [0.15, 0.2) is 82.8 Å². The highest BCUT2D eigenvalue weighted by molar-refractivity contribution is 7.11. The molecule has 0 atom stereocenters. The highest BCUT2D eigenvalue weighted by Gasteiger charge is 2.26. The topological polar surface area (TPSA) is 66.9 Å². The minimum absolute atomic E-state index is 0.0172. The number of aromatic nitrogens is 1. The van der Waals surface area contributed by atoms with Crippen LogP contribution in [0.3, 0.4) is 0 Å². The standard InChI is InChI=1S/C25H19N3O2S/c1-15-13-16(2)21-19(14-15)20(23(29)27-21)22-24(30)28(18-11-7-4-8-12-18)25(31-22)26-17-9-5-3-6-10-17/h3-14,30H,1-2H3. The van der Waals surface area contributed by atoms with Crippen LogP contribution in [-0.4, -0.2) is 15.6 Å². The lowest BCUT2D eigenvalue weighted by Crippen LogP contribution is -2.26. The van der Waals surface area contributed by atoms with Crippen molar-refractivity contribution in [2.24, 2.45) is 9.98 Å². The van der Waals surface area contributed by atoms with Crippen LogP contribution in [0.2, 0.25) is 0 Å². The number of hydrogen-bond acceptors (Lipinski definition) is 4. The molecule has 0 saturated heterocycles. The lowest BCUT2D eigenvalue weighted by molar-refractivity contribution is -0.112. The molecule has 0 bridgehead atoms. The van der Waals surface area contributed by atoms with Crippen molar-refractivity contribution >= 4 is 28.5 Å². The van der Waals surface area contributed by atoms with E-state index in [1.165, 1.54) is 11.3 Å². The van der Waals surface area contributed by atoms with Crippen LogP contribution in [0, 0.1) is 13.8 Å². The summed E-state index contributed by atoms with van der Waals surface area (Å²) in [6.07, 6.45) is 0. The number of hydrogen-bond donors (Lipinski definition) is 1. The summed E-state index contributed by atoms with van der Waals surface area (Å²) in [5, 5.41) is 12.7. The number of benzene rings is 3. The fraction of sp³-hybridized carbons (Fsp3) is 0.0800. The zero-order valence-electron chi connectivity index (χ0n) is 17.0. The molecule has 0 fully saturated rings. The van der Waals surface area contributed by atoms with Gasteiger partial charge in [0, 0.05) is 5.22 Å². The van der Waals surface area contributed by atoms with Crippen molar-refractivity contribution in [3.63, 3.8) is 0 Å². The molecule has 6 heteroatoms. The van der Waals surface area contributed by atoms with Gasteiger partial charge in [0.1, 0.15) is 4.88 Å². The Hall–Kier alpha value is -3.77. The van der Waals surface area contributed by atoms with Gasteiger partial charge in [-0.2, -0.15) is 0 Å². The second kappa shape index (κ2) is 7.49. The number of para-hydroxylation sites is 2. The lowest BCUT2D eigenvalue weighted by Gasteiger charge is -2.05. The van der Waals surface area contributed by atoms with E-state index in [1.54, 1.807) is 4.57 Å². The number of carbonyl (C=O) groups is 1. The van der Waals surface area contributed by atoms with Crippen LogP contribution in [0.5, 0.6) is 5.88 Å². The van der Waals surface area contributed by atoms with E-state index in [0.717, 1.165) is 27.7 Å². The van der Waals surface area contributed by atoms with Gasteiger partial charge < -0.3 is 5.11 Å². The number of amides is 1. The summed E-state index contributed by atoms with van der Waals surface area (Å²) in [6.45, 7) is 3.93. The van der Waals surface area contributed by atoms with E-state index < -0.39 is 0 Å². The average Bonchev–Trinajstić information content (AvgIpc) is 3.25. The monoisotopic (exact) mass is 425 g/mol. The van der Waals surface area contributed by atoms with Crippen LogP contribution in [-0.2, 0) is 4.79 Å². The maximum absolute atomic E-state index is 12.9. The van der Waals surface area contributed by atoms with Crippen LogP contribution < -0.4 is 15.4 Å². The first-order valence-electron chi connectivity index (χ1n) is 9.88. The predicted octanol–water partition coefficient (Wildman–Crippen LogP) is 3.45. The Morgan fingerprint density at radius 3 is 2.35 bits per heavy atom. The van der Waals surface area contributed by atoms with Crippen molar-refractivity contribution < 1.29 is 9.90 Å². The molecule has 2 heterocycles. The van der Waals surface area contributed by atoms with Gasteiger partial charge in [0.05, 0.1) is 22.3 Å². The number of fused-ring (bicyclic) bond motifs is 1. The predicted molar refractivity (Wildman–Crippen MR) is 121 cm³/mol. The molecule has 31 heavy (non-hydrogen) atoms. The Balaban J connectivity index is 1.86. The van der Waals surface area contributed by atoms with E-state index in [1.807, 2.05) is 86.6 Å². The summed E-state index contributed by atoms with van der Waals surface area (Å²) in [4.78, 5) is 23.0. The van der Waals surface area contributed by atoms with E-state index in [4.69, 9.17) is 4.99 Å². The average molecular weight is 426 g/mol. The summed E-state index contributed by atoms with van der Waals surface area (Å²) < 4.78 is 1.67. The van der Waals surface area contributed by atoms with Gasteiger partial charge in [-0.3, -0.25) is 9.36 Å². The van der Waals surface area contributed by atoms with Crippen LogP contribution in [0.25, 0.3) is 11.3 Å². The Morgan fingerprint density at radius 1 is 0.968 bits per heavy atom. The summed E-state index contributed by atoms with van der Waals surface area (Å²) in [6, 6.07) is 23.0. The Kier molecular flexibility index (Phi) is 4.64. The van der Waals surface area contributed by atoms with E-state index >= 15 is 0 Å². The smallest absolute Gasteiger partial charge is 0.279 e. The van der Waals surface area contributed by atoms with Gasteiger partial charge in [0.2, 0.25) is 5.88 Å². The molecule has 1 amide bonds. The number of aromatic hydroxyl groups is 1. The number of thiazole rings is 1. The molecule has 0 aliphatic carbocycles. The Labute approximate surface area is 182 Å². The third kappa shape index (κ3) is 3.31. The second-order valence-corrected chi connectivity index (χ2v) is 8.40. The molecule has 1 aliphatic heterocycles. The number of nitrogens with zero attached hydrogens (tertiary/aromatic N) is 3. The SMILES string of the molecule is Cc1cc(C)c2c(c1)=C(c1sc(=Nc3ccccc3)n(-c3ccccc3)c1O)C(=O)N=2. The molecule has 1 N–H and O–H groups in total. The highest BCUT2D eigenvalue weighted by Crippen LogP contribution is 2.31. The molecule has 3 aromatic carbocycles. The molecular formula is C25H19N3O2S. The molecule has 0 saturated carbocycles. The molecular weight excluding hydrogens is 406 g/mol. The number of rotatable bonds is 3. The van der Waals surface area contributed by atoms with E-state index in [2.05, 4.69) is 4.99 Å². The molecule has 152 valence electrons. The summed E-state index contributed by atoms with van der Waals surface area (Å²) >= 11 is 1.28. The fourth-order valence-corrected chi connectivity index (χ4v) is 4.92. The molecule has 1 aliphatic rings. The van der Waals surface area contributed by atoms with Crippen LogP contribution in [0.1, 0.15) is 16.0 Å². The molecule has 0 radical (unpaired) electrons. The third-order valence-electron chi connectivity index (χ3n) is 5.16. The van der Waals surface area contributed by atoms with E-state index in [0.29, 0.717) is 20.6 Å². The molecule has 5 rings (SSSR count). The maximum Gasteiger partial charge on any atom is 0.279 e. The van der Waals surface area contributed by atoms with Gasteiger partial charge >= 0.3 is 0 Å². The molecule has 5 nitrogen and oxygen atoms in total. The quantitative estimate of drug-likeness (QED) is 0.546. The maximum atomic E-state index is 12.9. The van der Waals surface area contributed by atoms with Crippen molar-refractivity contribution in [2.75, 3.05) is 0 Å². The van der Waals surface area contributed by atoms with Gasteiger partial charge in [0.25, 0.3) is 5.91 Å². The summed E-state index contributed by atoms with van der Waals surface area (Å²) in [7, 11) is 0. The zero-order valence-corrected chi connectivity index (χ0v) is 17.9. The first kappa shape index (κ1) is 19.2. The van der Waals surface area contributed by atoms with Crippen molar-refractivity contribution in [3.8, 4) is 11.6 Å². The minimum atomic E-state index is -0.341. The van der Waals surface area contributed by atoms with Crippen molar-refractivity contribution in [2.45, 2.75) is 13.8 Å². The first-order valence-corrected chi connectivity index (χ1v) is 10.7. The molecule has 0 unspecified atom stereocenters. The summed E-state index contributed by atoms with van der Waals surface area (Å²) in [5.74, 6) is -0.358. The molecule has 0 spiro atoms. The second-order valence-electron chi connectivity index (χ2n) is 7.43. The van der Waals surface area contributed by atoms with Gasteiger partial charge in [-0.25, -0.2) is 9.98 Å². The van der Waals surface area contributed by atoms with Gasteiger partial charge in [-0.15, -0.1) is 0 Å². The minimum Gasteiger partial charge on any atom is -0.493 e. The van der Waals surface area contributed by atoms with Crippen molar-refractivity contribution in [1.82, 2.24) is 4.57 Å². The third-order valence-corrected chi connectivity index (χ3v) is 6.21. The van der Waals surface area contributed by atoms with E-state index in [9.17, 15) is 9.90 Å². The van der Waals surface area contributed by atoms with Crippen molar-refractivity contribution in [3.05, 3.63) is 104 Å². The molecule has 1 aromatic heterocycles. The van der Waals surface area contributed by atoms with Gasteiger partial charge in [0.15, 0.2) is 4.80 Å². The lowest BCUT2D eigenvalue weighted by atomic mass is 10.1. The largest absolute Gasteiger partial charge is 0.493 e. The normalized spacial score (nSPS) is 13.4. The molecule has 4 aromatic rings. The highest BCUT2D eigenvalue weighted by atomic mass is 32.1. The van der Waals surface area contributed by atoms with Gasteiger partial charge in [-0.05, 0) is 49.7 Å². The van der Waals surface area contributed by atoms with Crippen LogP contribution >= 0.6 is 11.3 Å². The summed E-state index contributed by atoms with van der Waals surface area (Å²) in [5.41, 5.74) is 3.93. The first-order chi connectivity index (χ1) is 15.0. The van der Waals surface area contributed by atoms with Crippen LogP contribution in [0.4, 0.5) is 5.69 Å². The number of aryl methyl sites for hydroxylation is 2. The number of carbonyl (C=O) groups excluding carboxylic acids is 1. The Morgan fingerprint density at radius 2 is 1.65 bits per heavy atom. The fourth-order valence-electron chi connectivity index (χ4n) is 3.82. The van der Waals surface area contributed by atoms with Gasteiger partial charge in [-0.1, -0.05) is 59.4 Å². The van der Waals surface area contributed by atoms with E-state index in [-0.39, 0.29) is 11.8 Å². The zero-order chi connectivity index (χ0) is 21.5. The Bertz CT molecular complexity index is 1510. The van der Waals surface area contributed by atoms with Crippen molar-refractivity contribution in [1.29, 1.82) is 0 Å².